The molecule has 1 saturated carbocycles. The normalized spacial score (nSPS) is 22.1. The van der Waals surface area contributed by atoms with Gasteiger partial charge in [-0.2, -0.15) is 0 Å². The van der Waals surface area contributed by atoms with Crippen LogP contribution in [0.1, 0.15) is 83.5 Å². The number of hydrogen-bond acceptors (Lipinski definition) is 4. The van der Waals surface area contributed by atoms with Gasteiger partial charge in [0.1, 0.15) is 6.04 Å². The summed E-state index contributed by atoms with van der Waals surface area (Å²) in [6, 6.07) is -0.780. The molecule has 3 N–H and O–H groups in total. The lowest BCUT2D eigenvalue weighted by molar-refractivity contribution is -0.137. The quantitative estimate of drug-likeness (QED) is 0.355. The summed E-state index contributed by atoms with van der Waals surface area (Å²) >= 11 is 0. The summed E-state index contributed by atoms with van der Waals surface area (Å²) in [5.41, 5.74) is 0. The van der Waals surface area contributed by atoms with Crippen molar-refractivity contribution in [2.75, 3.05) is 6.54 Å². The molecule has 0 unspecified atom stereocenters. The van der Waals surface area contributed by atoms with E-state index in [-0.39, 0.29) is 18.4 Å². The Morgan fingerprint density at radius 2 is 1.74 bits per heavy atom. The molecule has 1 saturated heterocycles. The summed E-state index contributed by atoms with van der Waals surface area (Å²) < 4.78 is 0. The van der Waals surface area contributed by atoms with Crippen LogP contribution in [0.25, 0.3) is 0 Å². The Labute approximate surface area is 161 Å². The number of carbonyl (C=O) groups excluding carboxylic acids is 2. The fourth-order valence-corrected chi connectivity index (χ4v) is 4.26. The van der Waals surface area contributed by atoms with E-state index in [1.807, 2.05) is 0 Å². The Hall–Kier alpha value is -1.63. The number of carboxylic acids is 1. The number of aliphatic carboxylic acids is 1. The molecule has 2 atom stereocenters. The van der Waals surface area contributed by atoms with E-state index >= 15 is 0 Å². The smallest absolute Gasteiger partial charge is 0.324 e. The summed E-state index contributed by atoms with van der Waals surface area (Å²) in [5, 5.41) is 21.4. The number of nitrogens with zero attached hydrogens (tertiary/aromatic N) is 1. The van der Waals surface area contributed by atoms with Gasteiger partial charge in [-0.3, -0.25) is 14.9 Å². The predicted octanol–water partition coefficient (Wildman–Crippen LogP) is 3.05. The first-order valence-corrected chi connectivity index (χ1v) is 10.5. The lowest BCUT2D eigenvalue weighted by Gasteiger charge is -2.29. The van der Waals surface area contributed by atoms with Gasteiger partial charge in [0.15, 0.2) is 0 Å². The molecule has 0 bridgehead atoms. The van der Waals surface area contributed by atoms with Gasteiger partial charge in [-0.25, -0.2) is 4.79 Å². The van der Waals surface area contributed by atoms with E-state index < -0.39 is 18.1 Å². The molecule has 1 heterocycles. The number of hydrogen-bond donors (Lipinski definition) is 3. The molecule has 0 aromatic heterocycles. The predicted molar refractivity (Wildman–Crippen MR) is 101 cm³/mol. The van der Waals surface area contributed by atoms with Gasteiger partial charge in [-0.1, -0.05) is 44.9 Å². The first-order valence-electron chi connectivity index (χ1n) is 10.5. The number of carbonyl (C=O) groups is 3. The van der Waals surface area contributed by atoms with Gasteiger partial charge in [0.05, 0.1) is 6.10 Å². The molecule has 1 aliphatic carbocycles. The van der Waals surface area contributed by atoms with E-state index in [0.29, 0.717) is 31.7 Å². The monoisotopic (exact) mass is 382 g/mol. The number of amides is 3. The maximum Gasteiger partial charge on any atom is 0.324 e. The number of unbranched alkanes of at least 4 members (excludes halogenated alkanes) is 4. The highest BCUT2D eigenvalue weighted by Gasteiger charge is 2.38. The topological polar surface area (TPSA) is 107 Å². The summed E-state index contributed by atoms with van der Waals surface area (Å²) in [6.45, 7) is 0.415. The Bertz CT molecular complexity index is 505. The summed E-state index contributed by atoms with van der Waals surface area (Å²) in [6.07, 6.45) is 10.9. The zero-order valence-corrected chi connectivity index (χ0v) is 16.2. The SMILES string of the molecule is O=C(O)CCCCCCC[C@H]1C(=O)NC(=O)N1CC[C@@H](O)C1CCCCC1. The van der Waals surface area contributed by atoms with Crippen molar-refractivity contribution in [3.8, 4) is 0 Å². The van der Waals surface area contributed by atoms with Crippen molar-refractivity contribution in [1.29, 1.82) is 0 Å². The average Bonchev–Trinajstić information content (AvgIpc) is 2.92. The van der Waals surface area contributed by atoms with Crippen LogP contribution in [0, 0.1) is 5.92 Å². The summed E-state index contributed by atoms with van der Waals surface area (Å²) in [7, 11) is 0. The van der Waals surface area contributed by atoms with Gasteiger partial charge >= 0.3 is 12.0 Å². The highest BCUT2D eigenvalue weighted by atomic mass is 16.4. The second-order valence-electron chi connectivity index (χ2n) is 7.96. The highest BCUT2D eigenvalue weighted by molar-refractivity contribution is 6.04. The number of nitrogens with one attached hydrogen (secondary N) is 1. The Balaban J connectivity index is 1.69. The number of urea groups is 1. The van der Waals surface area contributed by atoms with Gasteiger partial charge in [0.2, 0.25) is 0 Å². The van der Waals surface area contributed by atoms with E-state index in [4.69, 9.17) is 5.11 Å². The minimum Gasteiger partial charge on any atom is -0.481 e. The molecular weight excluding hydrogens is 348 g/mol. The van der Waals surface area contributed by atoms with Gasteiger partial charge in [-0.15, -0.1) is 0 Å². The molecule has 0 spiro atoms. The van der Waals surface area contributed by atoms with Gasteiger partial charge < -0.3 is 15.1 Å². The second-order valence-corrected chi connectivity index (χ2v) is 7.96. The van der Waals surface area contributed by atoms with Crippen LogP contribution in [0.5, 0.6) is 0 Å². The van der Waals surface area contributed by atoms with Crippen LogP contribution in [0.2, 0.25) is 0 Å². The lowest BCUT2D eigenvalue weighted by atomic mass is 9.84. The minimum absolute atomic E-state index is 0.205. The molecule has 7 heteroatoms. The molecule has 0 aromatic rings. The fourth-order valence-electron chi connectivity index (χ4n) is 4.26. The molecule has 0 radical (unpaired) electrons. The molecule has 2 aliphatic rings. The molecule has 1 aliphatic heterocycles. The van der Waals surface area contributed by atoms with Crippen LogP contribution in [-0.4, -0.2) is 51.7 Å². The average molecular weight is 383 g/mol. The third-order valence-electron chi connectivity index (χ3n) is 5.90. The highest BCUT2D eigenvalue weighted by Crippen LogP contribution is 2.28. The third-order valence-corrected chi connectivity index (χ3v) is 5.90. The standard InChI is InChI=1S/C20H34N2O5/c23-17(15-9-5-4-6-10-15)13-14-22-16(19(26)21-20(22)27)11-7-2-1-3-8-12-18(24)25/h15-17,23H,1-14H2,(H,24,25)(H,21,26,27)/t16-,17+/m0/s1. The van der Waals surface area contributed by atoms with Crippen molar-refractivity contribution < 1.29 is 24.6 Å². The second kappa shape index (κ2) is 11.3. The number of imide groups is 1. The minimum atomic E-state index is -0.762. The van der Waals surface area contributed by atoms with Gasteiger partial charge in [-0.05, 0) is 38.0 Å². The van der Waals surface area contributed by atoms with Crippen molar-refractivity contribution in [2.45, 2.75) is 95.6 Å². The van der Waals surface area contributed by atoms with E-state index in [2.05, 4.69) is 5.32 Å². The number of carboxylic acid groups (broad SMARTS) is 1. The van der Waals surface area contributed by atoms with Crippen LogP contribution in [0.15, 0.2) is 0 Å². The Morgan fingerprint density at radius 3 is 2.44 bits per heavy atom. The molecule has 0 aromatic carbocycles. The first kappa shape index (κ1) is 21.7. The molecule has 154 valence electrons. The van der Waals surface area contributed by atoms with E-state index in [1.165, 1.54) is 19.3 Å². The van der Waals surface area contributed by atoms with Crippen molar-refractivity contribution in [1.82, 2.24) is 10.2 Å². The largest absolute Gasteiger partial charge is 0.481 e. The fraction of sp³-hybridized carbons (Fsp3) is 0.850. The van der Waals surface area contributed by atoms with E-state index in [0.717, 1.165) is 38.5 Å². The number of aliphatic hydroxyl groups is 1. The molecule has 2 rings (SSSR count). The molecular formula is C20H34N2O5. The van der Waals surface area contributed by atoms with E-state index in [9.17, 15) is 19.5 Å². The molecule has 7 nitrogen and oxygen atoms in total. The molecule has 2 fully saturated rings. The third kappa shape index (κ3) is 7.13. The van der Waals surface area contributed by atoms with Crippen LogP contribution in [0.4, 0.5) is 4.79 Å². The van der Waals surface area contributed by atoms with Crippen LogP contribution < -0.4 is 5.32 Å². The van der Waals surface area contributed by atoms with Crippen LogP contribution >= 0.6 is 0 Å². The maximum absolute atomic E-state index is 12.1. The molecule has 3 amide bonds. The van der Waals surface area contributed by atoms with Crippen molar-refractivity contribution in [3.63, 3.8) is 0 Å². The van der Waals surface area contributed by atoms with Crippen LogP contribution in [-0.2, 0) is 9.59 Å². The van der Waals surface area contributed by atoms with Gasteiger partial charge in [0.25, 0.3) is 5.91 Å². The Morgan fingerprint density at radius 1 is 1.07 bits per heavy atom. The van der Waals surface area contributed by atoms with Gasteiger partial charge in [0, 0.05) is 13.0 Å². The lowest BCUT2D eigenvalue weighted by Crippen LogP contribution is -2.38. The van der Waals surface area contributed by atoms with Crippen molar-refractivity contribution in [3.05, 3.63) is 0 Å². The van der Waals surface area contributed by atoms with Crippen molar-refractivity contribution >= 4 is 17.9 Å². The zero-order chi connectivity index (χ0) is 19.6. The zero-order valence-electron chi connectivity index (χ0n) is 16.2. The summed E-state index contributed by atoms with van der Waals surface area (Å²) in [4.78, 5) is 36.2. The Kier molecular flexibility index (Phi) is 9.04. The first-order chi connectivity index (χ1) is 13.0. The number of rotatable bonds is 12. The summed E-state index contributed by atoms with van der Waals surface area (Å²) in [5.74, 6) is -0.676. The van der Waals surface area contributed by atoms with Crippen LogP contribution in [0.3, 0.4) is 0 Å². The number of aliphatic hydroxyl groups excluding tert-OH is 1. The van der Waals surface area contributed by atoms with Crippen molar-refractivity contribution in [2.24, 2.45) is 5.92 Å². The van der Waals surface area contributed by atoms with E-state index in [1.54, 1.807) is 4.90 Å². The molecule has 27 heavy (non-hydrogen) atoms. The maximum atomic E-state index is 12.1.